The molecule has 1 spiro atoms. The van der Waals surface area contributed by atoms with E-state index in [4.69, 9.17) is 9.47 Å². The normalized spacial score (nSPS) is 15.3. The van der Waals surface area contributed by atoms with Crippen molar-refractivity contribution in [2.24, 2.45) is 0 Å². The first-order valence-electron chi connectivity index (χ1n) is 17.6. The number of nitrogens with zero attached hydrogens (tertiary/aromatic N) is 2. The van der Waals surface area contributed by atoms with Crippen molar-refractivity contribution >= 4 is 21.8 Å². The van der Waals surface area contributed by atoms with Crippen LogP contribution in [0.4, 0.5) is 0 Å². The molecule has 7 aromatic carbocycles. The van der Waals surface area contributed by atoms with E-state index >= 15 is 0 Å². The van der Waals surface area contributed by atoms with Crippen molar-refractivity contribution in [1.29, 1.82) is 0 Å². The second-order valence-corrected chi connectivity index (χ2v) is 13.5. The van der Waals surface area contributed by atoms with E-state index in [1.807, 2.05) is 30.5 Å². The fraction of sp³-hybridized carbons (Fsp3) is 0.0208. The third-order valence-electron chi connectivity index (χ3n) is 10.8. The van der Waals surface area contributed by atoms with Crippen LogP contribution >= 0.6 is 0 Å². The van der Waals surface area contributed by atoms with Crippen LogP contribution in [0.2, 0.25) is 0 Å². The lowest BCUT2D eigenvalue weighted by atomic mass is 9.62. The van der Waals surface area contributed by atoms with E-state index in [-0.39, 0.29) is 0 Å². The smallest absolute Gasteiger partial charge is 0.140 e. The molecule has 0 amide bonds. The Kier molecular flexibility index (Phi) is 6.13. The molecule has 0 aliphatic carbocycles. The average molecular weight is 667 g/mol. The minimum atomic E-state index is -0.698. The summed E-state index contributed by atoms with van der Waals surface area (Å²) in [4.78, 5) is 4.65. The maximum absolute atomic E-state index is 7.04. The molecule has 52 heavy (non-hydrogen) atoms. The van der Waals surface area contributed by atoms with Crippen LogP contribution in [0.1, 0.15) is 22.3 Å². The zero-order valence-electron chi connectivity index (χ0n) is 28.0. The molecule has 0 fully saturated rings. The molecule has 4 heterocycles. The Labute approximate surface area is 300 Å². The van der Waals surface area contributed by atoms with Gasteiger partial charge in [0.05, 0.1) is 22.1 Å². The van der Waals surface area contributed by atoms with Crippen molar-refractivity contribution in [2.45, 2.75) is 5.41 Å². The minimum Gasteiger partial charge on any atom is -0.457 e. The number of pyridine rings is 1. The van der Waals surface area contributed by atoms with Gasteiger partial charge in [-0.25, -0.2) is 0 Å². The van der Waals surface area contributed by atoms with Gasteiger partial charge in [-0.2, -0.15) is 0 Å². The van der Waals surface area contributed by atoms with E-state index < -0.39 is 5.41 Å². The maximum Gasteiger partial charge on any atom is 0.140 e. The average Bonchev–Trinajstić information content (AvgIpc) is 3.54. The zero-order chi connectivity index (χ0) is 34.2. The second kappa shape index (κ2) is 11.0. The van der Waals surface area contributed by atoms with Crippen molar-refractivity contribution < 1.29 is 9.47 Å². The van der Waals surface area contributed by atoms with Crippen LogP contribution in [0.3, 0.4) is 0 Å². The molecule has 244 valence electrons. The largest absolute Gasteiger partial charge is 0.457 e. The molecule has 0 saturated carbocycles. The van der Waals surface area contributed by atoms with Gasteiger partial charge >= 0.3 is 0 Å². The highest BCUT2D eigenvalue weighted by molar-refractivity contribution is 6.10. The third-order valence-corrected chi connectivity index (χ3v) is 10.8. The van der Waals surface area contributed by atoms with Crippen LogP contribution in [0, 0.1) is 0 Å². The number of aromatic nitrogens is 2. The van der Waals surface area contributed by atoms with Gasteiger partial charge in [-0.15, -0.1) is 0 Å². The zero-order valence-corrected chi connectivity index (χ0v) is 28.0. The molecular weight excluding hydrogens is 637 g/mol. The molecule has 2 aliphatic heterocycles. The molecule has 4 heteroatoms. The molecule has 2 aliphatic rings. The van der Waals surface area contributed by atoms with Gasteiger partial charge < -0.3 is 14.0 Å². The second-order valence-electron chi connectivity index (χ2n) is 13.5. The molecule has 4 nitrogen and oxygen atoms in total. The molecule has 1 unspecified atom stereocenters. The van der Waals surface area contributed by atoms with Gasteiger partial charge in [0.1, 0.15) is 23.0 Å². The monoisotopic (exact) mass is 666 g/mol. The van der Waals surface area contributed by atoms with Gasteiger partial charge in [0.25, 0.3) is 0 Å². The summed E-state index contributed by atoms with van der Waals surface area (Å²) < 4.78 is 16.2. The summed E-state index contributed by atoms with van der Waals surface area (Å²) in [6.07, 6.45) is 1.83. The number of hydrogen-bond donors (Lipinski definition) is 0. The maximum atomic E-state index is 7.04. The highest BCUT2D eigenvalue weighted by Gasteiger charge is 2.51. The number of fused-ring (bicyclic) bond motifs is 11. The van der Waals surface area contributed by atoms with E-state index in [0.717, 1.165) is 78.8 Å². The first kappa shape index (κ1) is 28.9. The predicted molar refractivity (Wildman–Crippen MR) is 208 cm³/mol. The first-order valence-corrected chi connectivity index (χ1v) is 17.6. The molecule has 0 bridgehead atoms. The summed E-state index contributed by atoms with van der Waals surface area (Å²) >= 11 is 0. The molecule has 0 radical (unpaired) electrons. The Morgan fingerprint density at radius 2 is 1.12 bits per heavy atom. The van der Waals surface area contributed by atoms with Crippen molar-refractivity contribution in [2.75, 3.05) is 0 Å². The van der Waals surface area contributed by atoms with Crippen LogP contribution in [0.25, 0.3) is 49.9 Å². The molecule has 0 saturated heterocycles. The fourth-order valence-corrected chi connectivity index (χ4v) is 8.60. The van der Waals surface area contributed by atoms with Crippen LogP contribution in [0.5, 0.6) is 23.0 Å². The molecule has 1 atom stereocenters. The minimum absolute atomic E-state index is 0.698. The van der Waals surface area contributed by atoms with Crippen LogP contribution in [-0.2, 0) is 5.41 Å². The van der Waals surface area contributed by atoms with Gasteiger partial charge in [-0.1, -0.05) is 121 Å². The first-order chi connectivity index (χ1) is 25.8. The molecule has 11 rings (SSSR count). The van der Waals surface area contributed by atoms with Gasteiger partial charge in [0.2, 0.25) is 0 Å². The van der Waals surface area contributed by atoms with E-state index in [1.165, 1.54) is 16.3 Å². The van der Waals surface area contributed by atoms with E-state index in [1.54, 1.807) is 0 Å². The van der Waals surface area contributed by atoms with Gasteiger partial charge in [0, 0.05) is 56.0 Å². The van der Waals surface area contributed by atoms with Crippen molar-refractivity contribution in [3.63, 3.8) is 0 Å². The summed E-state index contributed by atoms with van der Waals surface area (Å²) in [5.41, 5.74) is 11.1. The molecule has 2 aromatic heterocycles. The van der Waals surface area contributed by atoms with Crippen LogP contribution < -0.4 is 9.47 Å². The quantitative estimate of drug-likeness (QED) is 0.188. The highest BCUT2D eigenvalue weighted by atomic mass is 16.5. The van der Waals surface area contributed by atoms with Crippen molar-refractivity contribution in [3.8, 4) is 51.1 Å². The van der Waals surface area contributed by atoms with Crippen LogP contribution in [0.15, 0.2) is 182 Å². The lowest BCUT2D eigenvalue weighted by Gasteiger charge is -2.45. The van der Waals surface area contributed by atoms with Gasteiger partial charge in [-0.05, 0) is 60.2 Å². The Bertz CT molecular complexity index is 2850. The fourth-order valence-electron chi connectivity index (χ4n) is 8.60. The number of ether oxygens (including phenoxy) is 2. The molecule has 9 aromatic rings. The third kappa shape index (κ3) is 4.00. The Morgan fingerprint density at radius 3 is 1.94 bits per heavy atom. The van der Waals surface area contributed by atoms with E-state index in [9.17, 15) is 0 Å². The number of hydrogen-bond acceptors (Lipinski definition) is 3. The van der Waals surface area contributed by atoms with Gasteiger partial charge in [-0.3, -0.25) is 4.98 Å². The summed E-state index contributed by atoms with van der Waals surface area (Å²) in [5, 5.41) is 2.44. The Balaban J connectivity index is 1.19. The Morgan fingerprint density at radius 1 is 0.442 bits per heavy atom. The summed E-state index contributed by atoms with van der Waals surface area (Å²) in [5.74, 6) is 3.32. The topological polar surface area (TPSA) is 36.3 Å². The number of para-hydroxylation sites is 5. The van der Waals surface area contributed by atoms with Crippen LogP contribution in [-0.4, -0.2) is 9.55 Å². The summed E-state index contributed by atoms with van der Waals surface area (Å²) in [6, 6.07) is 62.1. The number of benzene rings is 7. The standard InChI is InChI=1S/C48H30N2O2/c1-2-13-33(14-3-1)50-42-21-7-4-15-35(42)36-26-24-31(29-43(36)50)34-16-12-19-40-47(34)52-45-23-9-6-18-38(45)48(40)37-17-5-8-22-44(37)51-46-30-32(25-27-39(46)48)41-20-10-11-28-49-41/h1-30H. The lowest BCUT2D eigenvalue weighted by Crippen LogP contribution is -2.37. The number of rotatable bonds is 3. The predicted octanol–water partition coefficient (Wildman–Crippen LogP) is 12.1. The summed E-state index contributed by atoms with van der Waals surface area (Å²) in [6.45, 7) is 0. The molecular formula is C48H30N2O2. The Hall–Kier alpha value is -6.91. The van der Waals surface area contributed by atoms with E-state index in [0.29, 0.717) is 0 Å². The van der Waals surface area contributed by atoms with Crippen molar-refractivity contribution in [3.05, 3.63) is 204 Å². The van der Waals surface area contributed by atoms with Crippen molar-refractivity contribution in [1.82, 2.24) is 9.55 Å². The van der Waals surface area contributed by atoms with Gasteiger partial charge in [0.15, 0.2) is 0 Å². The lowest BCUT2D eigenvalue weighted by molar-refractivity contribution is 0.400. The SMILES string of the molecule is c1ccc(-n2c3ccccc3c3ccc(-c4cccc5c4Oc4ccccc4C54c5ccccc5Oc5cc(-c6ccccn6)ccc54)cc32)cc1. The van der Waals surface area contributed by atoms with E-state index in [2.05, 4.69) is 161 Å². The molecule has 0 N–H and O–H groups in total. The summed E-state index contributed by atoms with van der Waals surface area (Å²) in [7, 11) is 0. The highest BCUT2D eigenvalue weighted by Crippen LogP contribution is 2.62.